The van der Waals surface area contributed by atoms with Crippen LogP contribution in [0.2, 0.25) is 0 Å². The normalized spacial score (nSPS) is 28.3. The Balaban J connectivity index is 1.78. The molecule has 0 saturated carbocycles. The van der Waals surface area contributed by atoms with Gasteiger partial charge in [-0.3, -0.25) is 9.46 Å². The molecule has 2 aliphatic rings. The maximum Gasteiger partial charge on any atom is 0.248 e. The summed E-state index contributed by atoms with van der Waals surface area (Å²) in [6, 6.07) is 0.692. The summed E-state index contributed by atoms with van der Waals surface area (Å²) in [5.41, 5.74) is 0. The van der Waals surface area contributed by atoms with Gasteiger partial charge in [0.15, 0.2) is 0 Å². The van der Waals surface area contributed by atoms with Gasteiger partial charge in [0.1, 0.15) is 0 Å². The Morgan fingerprint density at radius 2 is 1.71 bits per heavy atom. The van der Waals surface area contributed by atoms with E-state index in [0.29, 0.717) is 6.04 Å². The van der Waals surface area contributed by atoms with Crippen molar-refractivity contribution in [1.82, 2.24) is 9.57 Å². The smallest absolute Gasteiger partial charge is 0.248 e. The number of ether oxygens (including phenoxy) is 1. The zero-order valence-electron chi connectivity index (χ0n) is 8.39. The zero-order chi connectivity index (χ0) is 9.80. The molecule has 80 valence electrons. The number of piperidine rings is 1. The van der Waals surface area contributed by atoms with E-state index in [-0.39, 0.29) is 8.61 Å². The molecule has 0 aromatic heterocycles. The van der Waals surface area contributed by atoms with E-state index < -0.39 is 0 Å². The molecule has 2 fully saturated rings. The van der Waals surface area contributed by atoms with Crippen LogP contribution in [0.15, 0.2) is 0 Å². The Labute approximate surface area is 86.5 Å². The average molecular weight is 216 g/mol. The highest BCUT2D eigenvalue weighted by Crippen LogP contribution is 2.21. The van der Waals surface area contributed by atoms with Gasteiger partial charge in [0, 0.05) is 32.2 Å². The van der Waals surface area contributed by atoms with Crippen molar-refractivity contribution in [2.24, 2.45) is 0 Å². The Hall–Kier alpha value is -0.0200. The second kappa shape index (κ2) is 5.17. The molecule has 2 saturated heterocycles. The molecular formula is C9H17N2O2P. The summed E-state index contributed by atoms with van der Waals surface area (Å²) in [5, 5.41) is 0. The van der Waals surface area contributed by atoms with Crippen LogP contribution in [0.5, 0.6) is 0 Å². The molecule has 0 N–H and O–H groups in total. The van der Waals surface area contributed by atoms with Crippen LogP contribution in [-0.4, -0.2) is 55.0 Å². The van der Waals surface area contributed by atoms with E-state index >= 15 is 0 Å². The second-order valence-electron chi connectivity index (χ2n) is 3.91. The van der Waals surface area contributed by atoms with Gasteiger partial charge in [0.2, 0.25) is 8.61 Å². The Morgan fingerprint density at radius 3 is 2.29 bits per heavy atom. The van der Waals surface area contributed by atoms with Crippen LogP contribution in [-0.2, 0) is 9.30 Å². The standard InChI is InChI=1S/C9H17N2O2P/c12-14-11-3-1-9(2-4-11)10-5-7-13-8-6-10/h9H,1-8H2. The first-order chi connectivity index (χ1) is 6.90. The second-order valence-corrected chi connectivity index (χ2v) is 4.64. The van der Waals surface area contributed by atoms with Crippen LogP contribution in [0, 0.1) is 0 Å². The maximum absolute atomic E-state index is 10.6. The molecule has 0 spiro atoms. The highest BCUT2D eigenvalue weighted by molar-refractivity contribution is 7.20. The third kappa shape index (κ3) is 2.51. The van der Waals surface area contributed by atoms with E-state index in [9.17, 15) is 4.57 Å². The van der Waals surface area contributed by atoms with Crippen molar-refractivity contribution >= 4 is 8.61 Å². The number of morpholine rings is 1. The van der Waals surface area contributed by atoms with Gasteiger partial charge in [0.05, 0.1) is 13.2 Å². The summed E-state index contributed by atoms with van der Waals surface area (Å²) >= 11 is 0. The minimum atomic E-state index is 0.190. The van der Waals surface area contributed by atoms with Crippen LogP contribution in [0.3, 0.4) is 0 Å². The number of hydrogen-bond acceptors (Lipinski definition) is 3. The molecule has 0 atom stereocenters. The minimum Gasteiger partial charge on any atom is -0.379 e. The SMILES string of the molecule is O=PN1CCC(N2CCOCC2)CC1. The first-order valence-corrected chi connectivity index (χ1v) is 6.06. The van der Waals surface area contributed by atoms with Crippen LogP contribution >= 0.6 is 8.61 Å². The molecule has 0 unspecified atom stereocenters. The molecule has 2 rings (SSSR count). The van der Waals surface area contributed by atoms with Gasteiger partial charge < -0.3 is 4.74 Å². The largest absolute Gasteiger partial charge is 0.379 e. The van der Waals surface area contributed by atoms with Crippen molar-refractivity contribution in [3.8, 4) is 0 Å². The third-order valence-electron chi connectivity index (χ3n) is 3.12. The predicted octanol–water partition coefficient (Wildman–Crippen LogP) is 0.990. The van der Waals surface area contributed by atoms with Crippen molar-refractivity contribution in [3.05, 3.63) is 0 Å². The molecule has 4 nitrogen and oxygen atoms in total. The van der Waals surface area contributed by atoms with E-state index in [1.807, 2.05) is 4.67 Å². The van der Waals surface area contributed by atoms with Gasteiger partial charge in [-0.2, -0.15) is 0 Å². The maximum atomic E-state index is 10.6. The lowest BCUT2D eigenvalue weighted by atomic mass is 10.0. The van der Waals surface area contributed by atoms with Crippen LogP contribution in [0.1, 0.15) is 12.8 Å². The van der Waals surface area contributed by atoms with E-state index in [1.165, 1.54) is 0 Å². The summed E-state index contributed by atoms with van der Waals surface area (Å²) < 4.78 is 17.9. The van der Waals surface area contributed by atoms with Gasteiger partial charge in [0.25, 0.3) is 0 Å². The summed E-state index contributed by atoms with van der Waals surface area (Å²) in [6.45, 7) is 5.82. The number of hydrogen-bond donors (Lipinski definition) is 0. The molecule has 0 amide bonds. The lowest BCUT2D eigenvalue weighted by Crippen LogP contribution is -2.47. The molecule has 0 aromatic carbocycles. The van der Waals surface area contributed by atoms with Crippen molar-refractivity contribution in [2.75, 3.05) is 39.4 Å². The third-order valence-corrected chi connectivity index (χ3v) is 3.75. The molecular weight excluding hydrogens is 199 g/mol. The monoisotopic (exact) mass is 216 g/mol. The highest BCUT2D eigenvalue weighted by Gasteiger charge is 2.25. The zero-order valence-corrected chi connectivity index (χ0v) is 9.29. The Bertz CT molecular complexity index is 189. The molecule has 2 aliphatic heterocycles. The van der Waals surface area contributed by atoms with Crippen LogP contribution in [0.4, 0.5) is 0 Å². The quantitative estimate of drug-likeness (QED) is 0.644. The summed E-state index contributed by atoms with van der Waals surface area (Å²) in [7, 11) is 0.190. The van der Waals surface area contributed by atoms with Gasteiger partial charge in [-0.1, -0.05) is 0 Å². The van der Waals surface area contributed by atoms with Gasteiger partial charge in [-0.15, -0.1) is 0 Å². The van der Waals surface area contributed by atoms with Crippen LogP contribution in [0.25, 0.3) is 0 Å². The highest BCUT2D eigenvalue weighted by atomic mass is 31.1. The average Bonchev–Trinajstić information content (AvgIpc) is 2.30. The van der Waals surface area contributed by atoms with E-state index in [4.69, 9.17) is 4.74 Å². The fraction of sp³-hybridized carbons (Fsp3) is 1.00. The van der Waals surface area contributed by atoms with Crippen molar-refractivity contribution in [2.45, 2.75) is 18.9 Å². The molecule has 0 aliphatic carbocycles. The van der Waals surface area contributed by atoms with Crippen molar-refractivity contribution < 1.29 is 9.30 Å². The number of rotatable bonds is 2. The first kappa shape index (κ1) is 10.5. The van der Waals surface area contributed by atoms with Crippen molar-refractivity contribution in [3.63, 3.8) is 0 Å². The molecule has 0 bridgehead atoms. The Morgan fingerprint density at radius 1 is 1.07 bits per heavy atom. The number of nitrogens with zero attached hydrogens (tertiary/aromatic N) is 2. The molecule has 2 heterocycles. The van der Waals surface area contributed by atoms with Gasteiger partial charge in [-0.05, 0) is 12.8 Å². The van der Waals surface area contributed by atoms with E-state index in [1.54, 1.807) is 0 Å². The first-order valence-electron chi connectivity index (χ1n) is 5.30. The van der Waals surface area contributed by atoms with Gasteiger partial charge in [-0.25, -0.2) is 4.67 Å². The fourth-order valence-electron chi connectivity index (χ4n) is 2.24. The Kier molecular flexibility index (Phi) is 3.88. The summed E-state index contributed by atoms with van der Waals surface area (Å²) in [5.74, 6) is 0. The lowest BCUT2D eigenvalue weighted by molar-refractivity contribution is 0.00631. The topological polar surface area (TPSA) is 32.8 Å². The molecule has 14 heavy (non-hydrogen) atoms. The van der Waals surface area contributed by atoms with Gasteiger partial charge >= 0.3 is 0 Å². The molecule has 0 aromatic rings. The lowest BCUT2D eigenvalue weighted by Gasteiger charge is -2.38. The van der Waals surface area contributed by atoms with Crippen molar-refractivity contribution in [1.29, 1.82) is 0 Å². The van der Waals surface area contributed by atoms with E-state index in [2.05, 4.69) is 4.90 Å². The van der Waals surface area contributed by atoms with Crippen LogP contribution < -0.4 is 0 Å². The summed E-state index contributed by atoms with van der Waals surface area (Å²) in [6.07, 6.45) is 2.30. The fourth-order valence-corrected chi connectivity index (χ4v) is 2.64. The summed E-state index contributed by atoms with van der Waals surface area (Å²) in [4.78, 5) is 2.52. The minimum absolute atomic E-state index is 0.190. The molecule has 5 heteroatoms. The predicted molar refractivity (Wildman–Crippen MR) is 54.6 cm³/mol. The van der Waals surface area contributed by atoms with E-state index in [0.717, 1.165) is 52.2 Å². The molecule has 0 radical (unpaired) electrons.